The van der Waals surface area contributed by atoms with Crippen molar-refractivity contribution in [2.75, 3.05) is 18.6 Å². The summed E-state index contributed by atoms with van der Waals surface area (Å²) in [6.07, 6.45) is 1.47. The third-order valence-corrected chi connectivity index (χ3v) is 9.49. The van der Waals surface area contributed by atoms with Gasteiger partial charge in [-0.15, -0.1) is 0 Å². The number of esters is 1. The molecule has 0 aliphatic carbocycles. The van der Waals surface area contributed by atoms with Gasteiger partial charge in [-0.3, -0.25) is 9.69 Å². The van der Waals surface area contributed by atoms with Crippen LogP contribution in [-0.4, -0.2) is 38.3 Å². The fraction of sp³-hybridized carbons (Fsp3) is 0.200. The zero-order valence-corrected chi connectivity index (χ0v) is 27.4. The van der Waals surface area contributed by atoms with Gasteiger partial charge in [0.25, 0.3) is 5.91 Å². The standard InChI is InChI=1S/C35H33ClN2O7S/c1-5-44-28-14-12-27(13-15-28)38-24(3)33(35(40)43-4)32(34(38)39)20-29-16-17-30(45-29)22-37(21-25-8-10-26(36)11-9-25)46(41,42)31-18-6-23(2)7-19-31/h6-20H,5,21-22H2,1-4H3/b32-20+. The number of sulfonamides is 1. The number of rotatable bonds is 11. The fourth-order valence-electron chi connectivity index (χ4n) is 5.10. The minimum absolute atomic E-state index is 0.0639. The van der Waals surface area contributed by atoms with Crippen molar-refractivity contribution in [3.8, 4) is 5.75 Å². The molecular weight excluding hydrogens is 628 g/mol. The van der Waals surface area contributed by atoms with Crippen LogP contribution in [0.2, 0.25) is 5.02 Å². The van der Waals surface area contributed by atoms with Crippen molar-refractivity contribution in [3.05, 3.63) is 129 Å². The van der Waals surface area contributed by atoms with Crippen molar-refractivity contribution in [2.24, 2.45) is 0 Å². The molecule has 0 spiro atoms. The number of halogens is 1. The number of allylic oxidation sites excluding steroid dienone is 1. The molecule has 0 saturated heterocycles. The number of ether oxygens (including phenoxy) is 2. The Labute approximate surface area is 273 Å². The van der Waals surface area contributed by atoms with E-state index in [1.165, 1.54) is 22.4 Å². The predicted octanol–water partition coefficient (Wildman–Crippen LogP) is 6.91. The fourth-order valence-corrected chi connectivity index (χ4v) is 6.62. The van der Waals surface area contributed by atoms with Crippen LogP contribution >= 0.6 is 11.6 Å². The zero-order chi connectivity index (χ0) is 33.0. The van der Waals surface area contributed by atoms with Gasteiger partial charge < -0.3 is 13.9 Å². The smallest absolute Gasteiger partial charge is 0.340 e. The van der Waals surface area contributed by atoms with E-state index in [0.717, 1.165) is 11.1 Å². The van der Waals surface area contributed by atoms with E-state index in [2.05, 4.69) is 0 Å². The Bertz CT molecular complexity index is 1910. The highest BCUT2D eigenvalue weighted by Crippen LogP contribution is 2.36. The third-order valence-electron chi connectivity index (χ3n) is 7.43. The first-order valence-electron chi connectivity index (χ1n) is 14.5. The molecule has 0 radical (unpaired) electrons. The second-order valence-electron chi connectivity index (χ2n) is 10.6. The van der Waals surface area contributed by atoms with Crippen LogP contribution < -0.4 is 9.64 Å². The Morgan fingerprint density at radius 2 is 1.61 bits per heavy atom. The minimum atomic E-state index is -3.94. The van der Waals surface area contributed by atoms with Gasteiger partial charge in [-0.2, -0.15) is 4.31 Å². The van der Waals surface area contributed by atoms with Gasteiger partial charge in [0.2, 0.25) is 10.0 Å². The first kappa shape index (κ1) is 32.7. The number of benzene rings is 3. The summed E-state index contributed by atoms with van der Waals surface area (Å²) in [5.74, 6) is 0.147. The van der Waals surface area contributed by atoms with Crippen LogP contribution in [0.5, 0.6) is 5.75 Å². The van der Waals surface area contributed by atoms with E-state index in [9.17, 15) is 18.0 Å². The second-order valence-corrected chi connectivity index (χ2v) is 13.0. The summed E-state index contributed by atoms with van der Waals surface area (Å²) in [6.45, 7) is 5.91. The Hall–Kier alpha value is -4.64. The van der Waals surface area contributed by atoms with Crippen molar-refractivity contribution in [1.29, 1.82) is 0 Å². The van der Waals surface area contributed by atoms with Gasteiger partial charge in [0, 0.05) is 23.0 Å². The lowest BCUT2D eigenvalue weighted by atomic mass is 10.1. The molecule has 238 valence electrons. The summed E-state index contributed by atoms with van der Waals surface area (Å²) in [5.41, 5.74) is 2.82. The number of amides is 1. The summed E-state index contributed by atoms with van der Waals surface area (Å²) in [6, 6.07) is 23.8. The highest BCUT2D eigenvalue weighted by molar-refractivity contribution is 7.89. The van der Waals surface area contributed by atoms with Gasteiger partial charge in [-0.05, 0) is 93.1 Å². The number of methoxy groups -OCH3 is 1. The van der Waals surface area contributed by atoms with Crippen LogP contribution in [0.1, 0.15) is 36.5 Å². The maximum atomic E-state index is 13.8. The lowest BCUT2D eigenvalue weighted by molar-refractivity contribution is -0.136. The molecule has 1 amide bonds. The Balaban J connectivity index is 1.46. The number of nitrogens with zero attached hydrogens (tertiary/aromatic N) is 2. The maximum Gasteiger partial charge on any atom is 0.340 e. The SMILES string of the molecule is CCOc1ccc(N2C(=O)/C(=C/c3ccc(CN(Cc4ccc(Cl)cc4)S(=O)(=O)c4ccc(C)cc4)o3)C(C(=O)OC)=C2C)cc1. The molecule has 1 aromatic heterocycles. The van der Waals surface area contributed by atoms with Crippen LogP contribution in [0.25, 0.3) is 6.08 Å². The lowest BCUT2D eigenvalue weighted by Crippen LogP contribution is -2.30. The molecule has 0 unspecified atom stereocenters. The number of carbonyl (C=O) groups is 2. The van der Waals surface area contributed by atoms with E-state index in [-0.39, 0.29) is 34.9 Å². The molecule has 1 aliphatic heterocycles. The van der Waals surface area contributed by atoms with E-state index < -0.39 is 21.9 Å². The van der Waals surface area contributed by atoms with Crippen LogP contribution in [-0.2, 0) is 37.4 Å². The van der Waals surface area contributed by atoms with Crippen molar-refractivity contribution < 1.29 is 31.9 Å². The number of anilines is 1. The number of hydrogen-bond donors (Lipinski definition) is 0. The molecule has 0 saturated carbocycles. The number of furan rings is 1. The molecule has 0 bridgehead atoms. The van der Waals surface area contributed by atoms with Gasteiger partial charge in [-0.1, -0.05) is 41.4 Å². The van der Waals surface area contributed by atoms with Crippen LogP contribution in [0.3, 0.4) is 0 Å². The normalized spacial score (nSPS) is 14.4. The Morgan fingerprint density at radius 3 is 2.24 bits per heavy atom. The van der Waals surface area contributed by atoms with Crippen molar-refractivity contribution in [2.45, 2.75) is 38.8 Å². The van der Waals surface area contributed by atoms with E-state index in [1.807, 2.05) is 13.8 Å². The molecule has 9 nitrogen and oxygen atoms in total. The van der Waals surface area contributed by atoms with Crippen molar-refractivity contribution in [3.63, 3.8) is 0 Å². The monoisotopic (exact) mass is 660 g/mol. The molecule has 2 heterocycles. The highest BCUT2D eigenvalue weighted by Gasteiger charge is 2.38. The average molecular weight is 661 g/mol. The molecule has 3 aromatic carbocycles. The van der Waals surface area contributed by atoms with Crippen molar-refractivity contribution in [1.82, 2.24) is 4.31 Å². The van der Waals surface area contributed by atoms with Gasteiger partial charge >= 0.3 is 5.97 Å². The largest absolute Gasteiger partial charge is 0.494 e. The molecular formula is C35H33ClN2O7S. The quantitative estimate of drug-likeness (QED) is 0.127. The second kappa shape index (κ2) is 13.8. The first-order valence-corrected chi connectivity index (χ1v) is 16.3. The van der Waals surface area contributed by atoms with E-state index in [0.29, 0.717) is 34.5 Å². The molecule has 1 aliphatic rings. The average Bonchev–Trinajstić information content (AvgIpc) is 3.58. The highest BCUT2D eigenvalue weighted by atomic mass is 35.5. The lowest BCUT2D eigenvalue weighted by Gasteiger charge is -2.21. The summed E-state index contributed by atoms with van der Waals surface area (Å²) < 4.78 is 45.5. The molecule has 4 aromatic rings. The van der Waals surface area contributed by atoms with E-state index in [4.69, 9.17) is 25.5 Å². The van der Waals surface area contributed by atoms with Gasteiger partial charge in [0.1, 0.15) is 17.3 Å². The minimum Gasteiger partial charge on any atom is -0.494 e. The molecule has 5 rings (SSSR count). The Kier molecular flexibility index (Phi) is 9.81. The van der Waals surface area contributed by atoms with Crippen LogP contribution in [0.15, 0.2) is 111 Å². The molecule has 0 N–H and O–H groups in total. The van der Waals surface area contributed by atoms with Crippen molar-refractivity contribution >= 4 is 45.3 Å². The summed E-state index contributed by atoms with van der Waals surface area (Å²) in [4.78, 5) is 28.2. The predicted molar refractivity (Wildman–Crippen MR) is 176 cm³/mol. The third kappa shape index (κ3) is 6.94. The van der Waals surface area contributed by atoms with E-state index >= 15 is 0 Å². The summed E-state index contributed by atoms with van der Waals surface area (Å²) in [5, 5.41) is 0.540. The number of aryl methyl sites for hydroxylation is 1. The summed E-state index contributed by atoms with van der Waals surface area (Å²) >= 11 is 6.05. The first-order chi connectivity index (χ1) is 22.0. The Morgan fingerprint density at radius 1 is 0.935 bits per heavy atom. The number of carbonyl (C=O) groups excluding carboxylic acids is 2. The topological polar surface area (TPSA) is 106 Å². The van der Waals surface area contributed by atoms with Gasteiger partial charge in [0.15, 0.2) is 0 Å². The van der Waals surface area contributed by atoms with Crippen LogP contribution in [0, 0.1) is 6.92 Å². The number of hydrogen-bond acceptors (Lipinski definition) is 7. The zero-order valence-electron chi connectivity index (χ0n) is 25.8. The molecule has 0 atom stereocenters. The van der Waals surface area contributed by atoms with Crippen LogP contribution in [0.4, 0.5) is 5.69 Å². The molecule has 11 heteroatoms. The summed E-state index contributed by atoms with van der Waals surface area (Å²) in [7, 11) is -2.69. The maximum absolute atomic E-state index is 13.8. The van der Waals surface area contributed by atoms with Gasteiger partial charge in [0.05, 0.1) is 36.3 Å². The molecule has 46 heavy (non-hydrogen) atoms. The van der Waals surface area contributed by atoms with Gasteiger partial charge in [-0.25, -0.2) is 13.2 Å². The van der Waals surface area contributed by atoms with E-state index in [1.54, 1.807) is 91.9 Å². The molecule has 0 fully saturated rings.